The summed E-state index contributed by atoms with van der Waals surface area (Å²) in [7, 11) is 0. The second-order valence-electron chi connectivity index (χ2n) is 6.99. The summed E-state index contributed by atoms with van der Waals surface area (Å²) in [6.07, 6.45) is 0.532. The SMILES string of the molecule is Cc1nc(-c2cccc3c2N(C(=O)OC(C)(C)C)CC3)[nH]c1C. The van der Waals surface area contributed by atoms with Crippen molar-refractivity contribution in [3.05, 3.63) is 35.2 Å². The number of anilines is 1. The third kappa shape index (κ3) is 2.96. The number of benzene rings is 1. The zero-order chi connectivity index (χ0) is 16.8. The van der Waals surface area contributed by atoms with Crippen LogP contribution in [0.2, 0.25) is 0 Å². The van der Waals surface area contributed by atoms with Gasteiger partial charge in [0.25, 0.3) is 0 Å². The van der Waals surface area contributed by atoms with Gasteiger partial charge in [0, 0.05) is 17.8 Å². The maximum atomic E-state index is 12.6. The molecule has 3 rings (SSSR count). The normalized spacial score (nSPS) is 14.0. The van der Waals surface area contributed by atoms with E-state index in [0.717, 1.165) is 40.4 Å². The van der Waals surface area contributed by atoms with E-state index in [1.54, 1.807) is 4.90 Å². The van der Waals surface area contributed by atoms with E-state index < -0.39 is 5.60 Å². The Balaban J connectivity index is 2.03. The molecule has 0 atom stereocenters. The molecule has 2 aromatic rings. The molecule has 1 N–H and O–H groups in total. The highest BCUT2D eigenvalue weighted by Gasteiger charge is 2.31. The molecule has 1 amide bonds. The lowest BCUT2D eigenvalue weighted by molar-refractivity contribution is 0.0584. The third-order valence-corrected chi connectivity index (χ3v) is 3.99. The van der Waals surface area contributed by atoms with E-state index in [9.17, 15) is 4.79 Å². The number of aromatic nitrogens is 2. The number of H-pyrrole nitrogens is 1. The van der Waals surface area contributed by atoms with Gasteiger partial charge in [0.2, 0.25) is 0 Å². The van der Waals surface area contributed by atoms with Crippen LogP contribution in [0.15, 0.2) is 18.2 Å². The molecule has 1 aliphatic heterocycles. The molecule has 0 fully saturated rings. The topological polar surface area (TPSA) is 58.2 Å². The molecule has 5 nitrogen and oxygen atoms in total. The number of fused-ring (bicyclic) bond motifs is 1. The Morgan fingerprint density at radius 1 is 1.30 bits per heavy atom. The van der Waals surface area contributed by atoms with Gasteiger partial charge in [-0.3, -0.25) is 4.90 Å². The Bertz CT molecular complexity index is 737. The lowest BCUT2D eigenvalue weighted by Crippen LogP contribution is -2.36. The van der Waals surface area contributed by atoms with Crippen molar-refractivity contribution in [1.29, 1.82) is 0 Å². The van der Waals surface area contributed by atoms with Crippen molar-refractivity contribution in [1.82, 2.24) is 9.97 Å². The Hall–Kier alpha value is -2.30. The molecular weight excluding hydrogens is 290 g/mol. The predicted octanol–water partition coefficient (Wildman–Crippen LogP) is 3.99. The highest BCUT2D eigenvalue weighted by Crippen LogP contribution is 2.38. The lowest BCUT2D eigenvalue weighted by Gasteiger charge is -2.25. The Morgan fingerprint density at radius 3 is 2.65 bits per heavy atom. The van der Waals surface area contributed by atoms with Crippen LogP contribution in [0.1, 0.15) is 37.7 Å². The number of hydrogen-bond donors (Lipinski definition) is 1. The third-order valence-electron chi connectivity index (χ3n) is 3.99. The maximum Gasteiger partial charge on any atom is 0.414 e. The second-order valence-corrected chi connectivity index (χ2v) is 6.99. The first-order valence-corrected chi connectivity index (χ1v) is 7.92. The molecule has 0 saturated heterocycles. The summed E-state index contributed by atoms with van der Waals surface area (Å²) in [6.45, 7) is 10.3. The molecule has 0 saturated carbocycles. The van der Waals surface area contributed by atoms with Crippen molar-refractivity contribution in [3.63, 3.8) is 0 Å². The first-order valence-electron chi connectivity index (χ1n) is 7.92. The number of carbonyl (C=O) groups excluding carboxylic acids is 1. The monoisotopic (exact) mass is 313 g/mol. The number of amides is 1. The van der Waals surface area contributed by atoms with Gasteiger partial charge in [-0.15, -0.1) is 0 Å². The number of para-hydroxylation sites is 1. The number of aryl methyl sites for hydroxylation is 2. The van der Waals surface area contributed by atoms with E-state index >= 15 is 0 Å². The molecule has 0 radical (unpaired) electrons. The van der Waals surface area contributed by atoms with Gasteiger partial charge in [0.1, 0.15) is 11.4 Å². The fourth-order valence-corrected chi connectivity index (χ4v) is 2.82. The smallest absolute Gasteiger partial charge is 0.414 e. The highest BCUT2D eigenvalue weighted by molar-refractivity contribution is 5.96. The minimum atomic E-state index is -0.507. The van der Waals surface area contributed by atoms with E-state index in [1.807, 2.05) is 46.8 Å². The van der Waals surface area contributed by atoms with Gasteiger partial charge in [0.05, 0.1) is 11.4 Å². The Morgan fingerprint density at radius 2 is 2.04 bits per heavy atom. The van der Waals surface area contributed by atoms with Crippen LogP contribution in [0.4, 0.5) is 10.5 Å². The van der Waals surface area contributed by atoms with E-state index in [1.165, 1.54) is 0 Å². The molecule has 0 aliphatic carbocycles. The summed E-state index contributed by atoms with van der Waals surface area (Å²) in [6, 6.07) is 6.07. The van der Waals surface area contributed by atoms with Crippen LogP contribution in [0.5, 0.6) is 0 Å². The van der Waals surface area contributed by atoms with Crippen molar-refractivity contribution < 1.29 is 9.53 Å². The molecule has 5 heteroatoms. The van der Waals surface area contributed by atoms with Crippen LogP contribution < -0.4 is 4.90 Å². The highest BCUT2D eigenvalue weighted by atomic mass is 16.6. The number of nitrogens with zero attached hydrogens (tertiary/aromatic N) is 2. The van der Waals surface area contributed by atoms with E-state index in [4.69, 9.17) is 4.74 Å². The predicted molar refractivity (Wildman–Crippen MR) is 90.8 cm³/mol. The summed E-state index contributed by atoms with van der Waals surface area (Å²) in [5, 5.41) is 0. The number of carbonyl (C=O) groups is 1. The van der Waals surface area contributed by atoms with Crippen molar-refractivity contribution >= 4 is 11.8 Å². The van der Waals surface area contributed by atoms with Gasteiger partial charge >= 0.3 is 6.09 Å². The van der Waals surface area contributed by atoms with Crippen molar-refractivity contribution in [2.75, 3.05) is 11.4 Å². The van der Waals surface area contributed by atoms with E-state index in [0.29, 0.717) is 6.54 Å². The van der Waals surface area contributed by atoms with Gasteiger partial charge in [-0.1, -0.05) is 12.1 Å². The molecular formula is C18H23N3O2. The van der Waals surface area contributed by atoms with Crippen LogP contribution in [-0.4, -0.2) is 28.2 Å². The van der Waals surface area contributed by atoms with Crippen molar-refractivity contribution in [2.45, 2.75) is 46.6 Å². The number of aromatic amines is 1. The van der Waals surface area contributed by atoms with Crippen LogP contribution in [0.25, 0.3) is 11.4 Å². The van der Waals surface area contributed by atoms with Crippen LogP contribution >= 0.6 is 0 Å². The average Bonchev–Trinajstić information content (AvgIpc) is 3.01. The summed E-state index contributed by atoms with van der Waals surface area (Å²) in [5.41, 5.74) is 4.52. The zero-order valence-corrected chi connectivity index (χ0v) is 14.4. The lowest BCUT2D eigenvalue weighted by atomic mass is 10.1. The quantitative estimate of drug-likeness (QED) is 0.866. The molecule has 1 aromatic carbocycles. The summed E-state index contributed by atoms with van der Waals surface area (Å²) in [5.74, 6) is 0.798. The minimum absolute atomic E-state index is 0.302. The van der Waals surface area contributed by atoms with Gasteiger partial charge < -0.3 is 9.72 Å². The maximum absolute atomic E-state index is 12.6. The fourth-order valence-electron chi connectivity index (χ4n) is 2.82. The average molecular weight is 313 g/mol. The molecule has 0 spiro atoms. The number of ether oxygens (including phenoxy) is 1. The number of rotatable bonds is 1. The van der Waals surface area contributed by atoms with Crippen molar-refractivity contribution in [3.8, 4) is 11.4 Å². The Labute approximate surface area is 136 Å². The second kappa shape index (κ2) is 5.41. The summed E-state index contributed by atoms with van der Waals surface area (Å²) >= 11 is 0. The first kappa shape index (κ1) is 15.6. The summed E-state index contributed by atoms with van der Waals surface area (Å²) < 4.78 is 5.55. The van der Waals surface area contributed by atoms with Gasteiger partial charge in [0.15, 0.2) is 0 Å². The van der Waals surface area contributed by atoms with Gasteiger partial charge in [-0.2, -0.15) is 0 Å². The van der Waals surface area contributed by atoms with Gasteiger partial charge in [-0.25, -0.2) is 9.78 Å². The fraction of sp³-hybridized carbons (Fsp3) is 0.444. The number of imidazole rings is 1. The van der Waals surface area contributed by atoms with Crippen molar-refractivity contribution in [2.24, 2.45) is 0 Å². The summed E-state index contributed by atoms with van der Waals surface area (Å²) in [4.78, 5) is 22.2. The van der Waals surface area contributed by atoms with E-state index in [2.05, 4.69) is 16.0 Å². The first-order chi connectivity index (χ1) is 10.8. The number of hydrogen-bond acceptors (Lipinski definition) is 3. The van der Waals surface area contributed by atoms with Crippen LogP contribution in [-0.2, 0) is 11.2 Å². The standard InChI is InChI=1S/C18H23N3O2/c1-11-12(2)20-16(19-11)14-8-6-7-13-9-10-21(15(13)14)17(22)23-18(3,4)5/h6-8H,9-10H2,1-5H3,(H,19,20). The van der Waals surface area contributed by atoms with Crippen LogP contribution in [0, 0.1) is 13.8 Å². The molecule has 0 bridgehead atoms. The zero-order valence-electron chi connectivity index (χ0n) is 14.4. The molecule has 0 unspecified atom stereocenters. The largest absolute Gasteiger partial charge is 0.443 e. The minimum Gasteiger partial charge on any atom is -0.443 e. The molecule has 122 valence electrons. The Kier molecular flexibility index (Phi) is 3.66. The molecule has 2 heterocycles. The molecule has 1 aliphatic rings. The molecule has 1 aromatic heterocycles. The van der Waals surface area contributed by atoms with E-state index in [-0.39, 0.29) is 6.09 Å². The van der Waals surface area contributed by atoms with Crippen LogP contribution in [0.3, 0.4) is 0 Å². The number of nitrogens with one attached hydrogen (secondary N) is 1. The van der Waals surface area contributed by atoms with Gasteiger partial charge in [-0.05, 0) is 52.7 Å². The molecule has 23 heavy (non-hydrogen) atoms.